The molecular formula is C18H14BrCl2N3O. The predicted octanol–water partition coefficient (Wildman–Crippen LogP) is 6.66. The minimum absolute atomic E-state index is 0.319. The van der Waals surface area contributed by atoms with Gasteiger partial charge in [-0.3, -0.25) is 4.40 Å². The lowest BCUT2D eigenvalue weighted by Crippen LogP contribution is -2.06. The second-order valence-corrected chi connectivity index (χ2v) is 7.59. The molecular weight excluding hydrogens is 425 g/mol. The normalized spacial score (nSPS) is 11.1. The van der Waals surface area contributed by atoms with Crippen molar-refractivity contribution in [3.63, 3.8) is 0 Å². The Kier molecular flexibility index (Phi) is 5.24. The molecule has 0 aliphatic heterocycles. The van der Waals surface area contributed by atoms with Gasteiger partial charge in [0.2, 0.25) is 5.69 Å². The van der Waals surface area contributed by atoms with Crippen LogP contribution < -0.4 is 4.74 Å². The molecule has 0 saturated carbocycles. The van der Waals surface area contributed by atoms with Crippen LogP contribution in [-0.2, 0) is 0 Å². The number of hydrogen-bond donors (Lipinski definition) is 0. The van der Waals surface area contributed by atoms with Crippen molar-refractivity contribution in [1.82, 2.24) is 9.38 Å². The molecule has 4 nitrogen and oxygen atoms in total. The topological polar surface area (TPSA) is 30.9 Å². The smallest absolute Gasteiger partial charge is 0.241 e. The molecule has 0 aliphatic rings. The highest BCUT2D eigenvalue weighted by atomic mass is 79.9. The summed E-state index contributed by atoms with van der Waals surface area (Å²) in [5.74, 6) is 0.776. The number of halogens is 3. The number of ether oxygens (including phenoxy) is 1. The van der Waals surface area contributed by atoms with E-state index in [9.17, 15) is 0 Å². The molecule has 7 heteroatoms. The lowest BCUT2D eigenvalue weighted by molar-refractivity contribution is 0.274. The molecule has 3 aromatic rings. The van der Waals surface area contributed by atoms with E-state index in [4.69, 9.17) is 34.5 Å². The van der Waals surface area contributed by atoms with Crippen LogP contribution in [0.15, 0.2) is 35.2 Å². The van der Waals surface area contributed by atoms with Gasteiger partial charge in [0, 0.05) is 21.8 Å². The van der Waals surface area contributed by atoms with Crippen molar-refractivity contribution in [3.8, 4) is 16.9 Å². The number of fused-ring (bicyclic) bond motifs is 1. The van der Waals surface area contributed by atoms with Crippen molar-refractivity contribution in [3.05, 3.63) is 56.7 Å². The number of imidazole rings is 1. The van der Waals surface area contributed by atoms with Crippen LogP contribution >= 0.6 is 39.1 Å². The Labute approximate surface area is 164 Å². The first-order valence-corrected chi connectivity index (χ1v) is 9.12. The zero-order valence-electron chi connectivity index (χ0n) is 13.6. The van der Waals surface area contributed by atoms with E-state index in [1.54, 1.807) is 24.4 Å². The zero-order chi connectivity index (χ0) is 18.1. The fourth-order valence-electron chi connectivity index (χ4n) is 2.45. The Morgan fingerprint density at radius 1 is 1.32 bits per heavy atom. The van der Waals surface area contributed by atoms with Crippen LogP contribution in [0.2, 0.25) is 10.0 Å². The van der Waals surface area contributed by atoms with Crippen molar-refractivity contribution in [1.29, 1.82) is 0 Å². The van der Waals surface area contributed by atoms with Crippen LogP contribution in [0.3, 0.4) is 0 Å². The van der Waals surface area contributed by atoms with Gasteiger partial charge in [0.25, 0.3) is 0 Å². The van der Waals surface area contributed by atoms with Gasteiger partial charge in [0.1, 0.15) is 4.60 Å². The molecule has 0 unspecified atom stereocenters. The summed E-state index contributed by atoms with van der Waals surface area (Å²) >= 11 is 15.9. The largest absolute Gasteiger partial charge is 0.501 e. The summed E-state index contributed by atoms with van der Waals surface area (Å²) in [5.41, 5.74) is 2.36. The highest BCUT2D eigenvalue weighted by Crippen LogP contribution is 2.44. The Morgan fingerprint density at radius 2 is 2.08 bits per heavy atom. The summed E-state index contributed by atoms with van der Waals surface area (Å²) in [7, 11) is 0. The Hall–Kier alpha value is -1.74. The quantitative estimate of drug-likeness (QED) is 0.426. The molecule has 0 fully saturated rings. The number of benzene rings is 1. The summed E-state index contributed by atoms with van der Waals surface area (Å²) in [5, 5.41) is 1.02. The molecule has 25 heavy (non-hydrogen) atoms. The SMILES string of the molecule is [C-]#[N+]c1c(-c2ccc(Cl)cc2Cl)cn2c(Br)cnc2c1OCC(C)C. The Balaban J connectivity index is 2.31. The molecule has 0 bridgehead atoms. The van der Waals surface area contributed by atoms with Gasteiger partial charge in [-0.25, -0.2) is 9.83 Å². The van der Waals surface area contributed by atoms with E-state index in [2.05, 4.69) is 39.6 Å². The number of hydrogen-bond acceptors (Lipinski definition) is 2. The summed E-state index contributed by atoms with van der Waals surface area (Å²) in [6.45, 7) is 12.3. The van der Waals surface area contributed by atoms with Crippen molar-refractivity contribution in [2.45, 2.75) is 13.8 Å². The van der Waals surface area contributed by atoms with Crippen LogP contribution in [0, 0.1) is 12.5 Å². The lowest BCUT2D eigenvalue weighted by Gasteiger charge is -2.16. The Morgan fingerprint density at radius 3 is 2.72 bits per heavy atom. The molecule has 0 N–H and O–H groups in total. The maximum Gasteiger partial charge on any atom is 0.241 e. The van der Waals surface area contributed by atoms with Crippen LogP contribution in [0.5, 0.6) is 5.75 Å². The summed E-state index contributed by atoms with van der Waals surface area (Å²) in [4.78, 5) is 8.08. The van der Waals surface area contributed by atoms with Gasteiger partial charge in [-0.1, -0.05) is 43.1 Å². The average Bonchev–Trinajstić information content (AvgIpc) is 2.93. The number of pyridine rings is 1. The van der Waals surface area contributed by atoms with Crippen molar-refractivity contribution >= 4 is 50.5 Å². The maximum atomic E-state index is 7.68. The highest BCUT2D eigenvalue weighted by molar-refractivity contribution is 9.10. The minimum Gasteiger partial charge on any atom is -0.501 e. The standard InChI is InChI=1S/C18H14BrCl2N3O/c1-10(2)9-25-17-16(22-3)13(8-24-15(19)7-23-18(17)24)12-5-4-11(20)6-14(12)21/h4-8,10H,9H2,1-2H3. The second-order valence-electron chi connectivity index (χ2n) is 5.94. The van der Waals surface area contributed by atoms with Crippen LogP contribution in [0.4, 0.5) is 5.69 Å². The molecule has 0 atom stereocenters. The zero-order valence-corrected chi connectivity index (χ0v) is 16.7. The van der Waals surface area contributed by atoms with E-state index < -0.39 is 0 Å². The molecule has 128 valence electrons. The monoisotopic (exact) mass is 437 g/mol. The first-order valence-electron chi connectivity index (χ1n) is 7.57. The third kappa shape index (κ3) is 3.48. The molecule has 0 aliphatic carbocycles. The third-order valence-corrected chi connectivity index (χ3v) is 4.71. The van der Waals surface area contributed by atoms with Crippen molar-refractivity contribution in [2.75, 3.05) is 6.61 Å². The lowest BCUT2D eigenvalue weighted by atomic mass is 10.1. The van der Waals surface area contributed by atoms with Gasteiger partial charge in [-0.05, 0) is 39.5 Å². The van der Waals surface area contributed by atoms with E-state index in [-0.39, 0.29) is 0 Å². The van der Waals surface area contributed by atoms with Gasteiger partial charge >= 0.3 is 0 Å². The van der Waals surface area contributed by atoms with E-state index in [0.29, 0.717) is 50.8 Å². The third-order valence-electron chi connectivity index (χ3n) is 3.58. The Bertz CT molecular complexity index is 992. The van der Waals surface area contributed by atoms with Crippen molar-refractivity contribution in [2.24, 2.45) is 5.92 Å². The molecule has 3 rings (SSSR count). The minimum atomic E-state index is 0.319. The number of nitrogens with zero attached hydrogens (tertiary/aromatic N) is 3. The van der Waals surface area contributed by atoms with Gasteiger partial charge in [-0.15, -0.1) is 0 Å². The molecule has 2 aromatic heterocycles. The predicted molar refractivity (Wildman–Crippen MR) is 105 cm³/mol. The van der Waals surface area contributed by atoms with E-state index in [1.165, 1.54) is 0 Å². The molecule has 1 aromatic carbocycles. The van der Waals surface area contributed by atoms with E-state index >= 15 is 0 Å². The summed E-state index contributed by atoms with van der Waals surface area (Å²) < 4.78 is 8.56. The van der Waals surface area contributed by atoms with Gasteiger partial charge in [-0.2, -0.15) is 0 Å². The van der Waals surface area contributed by atoms with Crippen molar-refractivity contribution < 1.29 is 4.74 Å². The fraction of sp³-hybridized carbons (Fsp3) is 0.222. The van der Waals surface area contributed by atoms with E-state index in [1.807, 2.05) is 10.6 Å². The summed E-state index contributed by atoms with van der Waals surface area (Å²) in [6, 6.07) is 5.21. The number of aromatic nitrogens is 2. The maximum absolute atomic E-state index is 7.68. The van der Waals surface area contributed by atoms with Crippen LogP contribution in [0.1, 0.15) is 13.8 Å². The molecule has 2 heterocycles. The summed E-state index contributed by atoms with van der Waals surface area (Å²) in [6.07, 6.45) is 3.51. The molecule has 0 saturated heterocycles. The average molecular weight is 439 g/mol. The fourth-order valence-corrected chi connectivity index (χ4v) is 3.33. The van der Waals surface area contributed by atoms with Gasteiger partial charge in [0.15, 0.2) is 11.4 Å². The molecule has 0 radical (unpaired) electrons. The van der Waals surface area contributed by atoms with E-state index in [0.717, 1.165) is 4.60 Å². The first kappa shape index (κ1) is 18.1. The highest BCUT2D eigenvalue weighted by Gasteiger charge is 2.21. The van der Waals surface area contributed by atoms with Crippen LogP contribution in [-0.4, -0.2) is 16.0 Å². The number of rotatable bonds is 4. The molecule has 0 spiro atoms. The molecule has 0 amide bonds. The van der Waals surface area contributed by atoms with Gasteiger partial charge in [0.05, 0.1) is 19.4 Å². The first-order chi connectivity index (χ1) is 11.9. The van der Waals surface area contributed by atoms with Gasteiger partial charge < -0.3 is 4.74 Å². The second kappa shape index (κ2) is 7.25. The van der Waals surface area contributed by atoms with Crippen LogP contribution in [0.25, 0.3) is 21.6 Å².